The molecule has 1 aromatic rings. The van der Waals surface area contributed by atoms with Crippen molar-refractivity contribution in [3.63, 3.8) is 0 Å². The first-order valence-electron chi connectivity index (χ1n) is 5.43. The minimum absolute atomic E-state index is 0.801. The van der Waals surface area contributed by atoms with Gasteiger partial charge in [0.05, 0.1) is 6.20 Å². The summed E-state index contributed by atoms with van der Waals surface area (Å²) in [4.78, 5) is 3.98. The maximum absolute atomic E-state index is 4.19. The van der Waals surface area contributed by atoms with Crippen molar-refractivity contribution in [1.29, 1.82) is 0 Å². The average molecular weight is 206 g/mol. The van der Waals surface area contributed by atoms with Gasteiger partial charge in [-0.2, -0.15) is 0 Å². The second-order valence-electron chi connectivity index (χ2n) is 3.35. The van der Waals surface area contributed by atoms with E-state index in [4.69, 9.17) is 0 Å². The third-order valence-corrected chi connectivity index (χ3v) is 1.90. The molecule has 0 bridgehead atoms. The molecule has 0 saturated heterocycles. The lowest BCUT2D eigenvalue weighted by molar-refractivity contribution is 0.271. The van der Waals surface area contributed by atoms with Crippen LogP contribution in [0, 0.1) is 0 Å². The predicted molar refractivity (Wildman–Crippen MR) is 60.9 cm³/mol. The summed E-state index contributed by atoms with van der Waals surface area (Å²) in [5, 5.41) is 10.3. The number of nitrogens with zero attached hydrogens (tertiary/aromatic N) is 4. The van der Waals surface area contributed by atoms with E-state index in [1.165, 1.54) is 0 Å². The first-order chi connectivity index (χ1) is 7.36. The largest absolute Gasteiger partial charge is 0.278 e. The Morgan fingerprint density at radius 3 is 2.53 bits per heavy atom. The topological polar surface area (TPSA) is 40.9 Å². The van der Waals surface area contributed by atoms with Crippen LogP contribution in [0.4, 0.5) is 5.69 Å². The second kappa shape index (κ2) is 6.92. The first kappa shape index (κ1) is 11.6. The zero-order valence-electron chi connectivity index (χ0n) is 9.43. The molecule has 0 radical (unpaired) electrons. The fourth-order valence-electron chi connectivity index (χ4n) is 1.25. The van der Waals surface area contributed by atoms with E-state index < -0.39 is 0 Å². The molecular weight excluding hydrogens is 188 g/mol. The quantitative estimate of drug-likeness (QED) is 0.529. The third kappa shape index (κ3) is 4.54. The van der Waals surface area contributed by atoms with Crippen molar-refractivity contribution >= 4 is 5.69 Å². The molecule has 0 aliphatic carbocycles. The molecule has 0 fully saturated rings. The van der Waals surface area contributed by atoms with E-state index in [0.29, 0.717) is 0 Å². The highest BCUT2D eigenvalue weighted by molar-refractivity contribution is 5.30. The Kier molecular flexibility index (Phi) is 5.37. The van der Waals surface area contributed by atoms with Gasteiger partial charge in [0.15, 0.2) is 0 Å². The Balaban J connectivity index is 2.53. The number of aromatic nitrogens is 1. The van der Waals surface area contributed by atoms with Crippen molar-refractivity contribution in [1.82, 2.24) is 9.99 Å². The van der Waals surface area contributed by atoms with Crippen molar-refractivity contribution < 1.29 is 0 Å². The summed E-state index contributed by atoms with van der Waals surface area (Å²) in [7, 11) is 0. The Labute approximate surface area is 91.0 Å². The van der Waals surface area contributed by atoms with Crippen LogP contribution in [0.2, 0.25) is 0 Å². The van der Waals surface area contributed by atoms with Gasteiger partial charge in [-0.1, -0.05) is 19.1 Å². The van der Waals surface area contributed by atoms with Crippen molar-refractivity contribution in [3.8, 4) is 0 Å². The van der Waals surface area contributed by atoms with Gasteiger partial charge >= 0.3 is 0 Å². The van der Waals surface area contributed by atoms with E-state index in [1.54, 1.807) is 12.4 Å². The molecule has 0 atom stereocenters. The van der Waals surface area contributed by atoms with E-state index in [9.17, 15) is 0 Å². The molecule has 82 valence electrons. The van der Waals surface area contributed by atoms with Crippen LogP contribution >= 0.6 is 0 Å². The van der Waals surface area contributed by atoms with Crippen LogP contribution in [0.25, 0.3) is 0 Å². The van der Waals surface area contributed by atoms with Crippen molar-refractivity contribution in [2.45, 2.75) is 26.7 Å². The number of hydrogen-bond acceptors (Lipinski definition) is 3. The minimum Gasteiger partial charge on any atom is -0.278 e. The minimum atomic E-state index is 0.801. The van der Waals surface area contributed by atoms with Gasteiger partial charge in [-0.3, -0.25) is 9.99 Å². The molecule has 0 aromatic carbocycles. The summed E-state index contributed by atoms with van der Waals surface area (Å²) in [6, 6.07) is 3.75. The van der Waals surface area contributed by atoms with Crippen molar-refractivity contribution in [2.24, 2.45) is 10.3 Å². The van der Waals surface area contributed by atoms with Gasteiger partial charge < -0.3 is 0 Å². The summed E-state index contributed by atoms with van der Waals surface area (Å²) >= 11 is 0. The Morgan fingerprint density at radius 2 is 2.00 bits per heavy atom. The van der Waals surface area contributed by atoms with Gasteiger partial charge in [0.2, 0.25) is 0 Å². The summed E-state index contributed by atoms with van der Waals surface area (Å²) < 4.78 is 0. The van der Waals surface area contributed by atoms with Crippen LogP contribution in [-0.2, 0) is 0 Å². The van der Waals surface area contributed by atoms with Gasteiger partial charge in [0.1, 0.15) is 5.69 Å². The molecule has 0 amide bonds. The molecule has 4 nitrogen and oxygen atoms in total. The molecule has 0 spiro atoms. The molecule has 1 aromatic heterocycles. The molecule has 1 heterocycles. The number of rotatable bonds is 6. The van der Waals surface area contributed by atoms with Crippen molar-refractivity contribution in [2.75, 3.05) is 13.1 Å². The molecule has 0 unspecified atom stereocenters. The van der Waals surface area contributed by atoms with Crippen molar-refractivity contribution in [3.05, 3.63) is 24.5 Å². The second-order valence-corrected chi connectivity index (χ2v) is 3.35. The van der Waals surface area contributed by atoms with Gasteiger partial charge in [-0.25, -0.2) is 0 Å². The van der Waals surface area contributed by atoms with Crippen LogP contribution in [0.5, 0.6) is 0 Å². The highest BCUT2D eigenvalue weighted by atomic mass is 15.5. The fourth-order valence-corrected chi connectivity index (χ4v) is 1.25. The highest BCUT2D eigenvalue weighted by Crippen LogP contribution is 2.09. The zero-order valence-corrected chi connectivity index (χ0v) is 9.43. The Hall–Kier alpha value is -1.45. The highest BCUT2D eigenvalue weighted by Gasteiger charge is 1.97. The lowest BCUT2D eigenvalue weighted by atomic mass is 10.4. The first-order valence-corrected chi connectivity index (χ1v) is 5.43. The summed E-state index contributed by atoms with van der Waals surface area (Å²) in [5.41, 5.74) is 0.801. The van der Waals surface area contributed by atoms with Crippen LogP contribution < -0.4 is 0 Å². The number of hydrogen-bond donors (Lipinski definition) is 0. The van der Waals surface area contributed by atoms with Gasteiger partial charge in [0.25, 0.3) is 0 Å². The maximum Gasteiger partial charge on any atom is 0.106 e. The fraction of sp³-hybridized carbons (Fsp3) is 0.545. The van der Waals surface area contributed by atoms with Crippen LogP contribution in [0.1, 0.15) is 26.7 Å². The number of pyridine rings is 1. The third-order valence-electron chi connectivity index (χ3n) is 1.90. The molecule has 1 rings (SSSR count). The molecule has 0 N–H and O–H groups in total. The molecule has 0 aliphatic heterocycles. The van der Waals surface area contributed by atoms with E-state index >= 15 is 0 Å². The van der Waals surface area contributed by atoms with Crippen LogP contribution in [0.3, 0.4) is 0 Å². The molecule has 0 aliphatic rings. The van der Waals surface area contributed by atoms with E-state index in [0.717, 1.165) is 31.6 Å². The summed E-state index contributed by atoms with van der Waals surface area (Å²) in [6.45, 7) is 6.19. The molecule has 4 heteroatoms. The average Bonchev–Trinajstić information content (AvgIpc) is 2.28. The molecular formula is C11H18N4. The maximum atomic E-state index is 4.19. The zero-order chi connectivity index (χ0) is 10.9. The van der Waals surface area contributed by atoms with Gasteiger partial charge in [-0.15, -0.1) is 5.11 Å². The van der Waals surface area contributed by atoms with E-state index in [1.807, 2.05) is 17.1 Å². The van der Waals surface area contributed by atoms with Crippen LogP contribution in [-0.4, -0.2) is 23.1 Å². The normalized spacial score (nSPS) is 10.8. The monoisotopic (exact) mass is 206 g/mol. The Morgan fingerprint density at radius 1 is 1.27 bits per heavy atom. The predicted octanol–water partition coefficient (Wildman–Crippen LogP) is 3.20. The SMILES string of the molecule is CCCN(CCC)N=Nc1cccnc1. The summed E-state index contributed by atoms with van der Waals surface area (Å²) in [5.74, 6) is 0. The van der Waals surface area contributed by atoms with E-state index in [2.05, 4.69) is 29.2 Å². The standard InChI is InChI=1S/C11H18N4/c1-3-8-15(9-4-2)14-13-11-6-5-7-12-10-11/h5-7,10H,3-4,8-9H2,1-2H3. The van der Waals surface area contributed by atoms with E-state index in [-0.39, 0.29) is 0 Å². The Bertz CT molecular complexity index is 278. The van der Waals surface area contributed by atoms with Gasteiger partial charge in [0, 0.05) is 19.3 Å². The van der Waals surface area contributed by atoms with Crippen LogP contribution in [0.15, 0.2) is 34.9 Å². The summed E-state index contributed by atoms with van der Waals surface area (Å²) in [6.07, 6.45) is 5.62. The van der Waals surface area contributed by atoms with Gasteiger partial charge in [-0.05, 0) is 25.0 Å². The smallest absolute Gasteiger partial charge is 0.106 e. The molecule has 15 heavy (non-hydrogen) atoms. The molecule has 0 saturated carbocycles. The lowest BCUT2D eigenvalue weighted by Gasteiger charge is -2.14. The lowest BCUT2D eigenvalue weighted by Crippen LogP contribution is -2.18.